The quantitative estimate of drug-likeness (QED) is 0.644. The standard InChI is InChI=1S/C10H20F3NO/c1-3-9(14-2)5-4-7-15-8-6-10(11,12)13/h9,14H,3-8H2,1-2H3. The molecule has 0 aromatic carbocycles. The maximum Gasteiger partial charge on any atom is 0.391 e. The van der Waals surface area contributed by atoms with E-state index < -0.39 is 12.6 Å². The lowest BCUT2D eigenvalue weighted by Gasteiger charge is -2.13. The van der Waals surface area contributed by atoms with Gasteiger partial charge < -0.3 is 10.1 Å². The summed E-state index contributed by atoms with van der Waals surface area (Å²) >= 11 is 0. The summed E-state index contributed by atoms with van der Waals surface area (Å²) in [6, 6.07) is 0.441. The Morgan fingerprint density at radius 2 is 1.93 bits per heavy atom. The van der Waals surface area contributed by atoms with Crippen LogP contribution in [0.3, 0.4) is 0 Å². The molecule has 0 saturated carbocycles. The van der Waals surface area contributed by atoms with Crippen molar-refractivity contribution in [1.29, 1.82) is 0 Å². The van der Waals surface area contributed by atoms with Gasteiger partial charge in [-0.25, -0.2) is 0 Å². The van der Waals surface area contributed by atoms with Gasteiger partial charge in [0.25, 0.3) is 0 Å². The minimum absolute atomic E-state index is 0.222. The van der Waals surface area contributed by atoms with Crippen LogP contribution in [0.1, 0.15) is 32.6 Å². The Bertz CT molecular complexity index is 146. The van der Waals surface area contributed by atoms with Crippen LogP contribution in [0.4, 0.5) is 13.2 Å². The largest absolute Gasteiger partial charge is 0.391 e. The van der Waals surface area contributed by atoms with Crippen LogP contribution >= 0.6 is 0 Å². The molecule has 0 aliphatic rings. The van der Waals surface area contributed by atoms with E-state index in [-0.39, 0.29) is 6.61 Å². The van der Waals surface area contributed by atoms with Crippen LogP contribution in [0.5, 0.6) is 0 Å². The lowest BCUT2D eigenvalue weighted by atomic mass is 10.1. The highest BCUT2D eigenvalue weighted by Crippen LogP contribution is 2.18. The number of halogens is 3. The van der Waals surface area contributed by atoms with Gasteiger partial charge >= 0.3 is 6.18 Å². The highest BCUT2D eigenvalue weighted by Gasteiger charge is 2.26. The molecular formula is C10H20F3NO. The second-order valence-corrected chi connectivity index (χ2v) is 3.51. The Morgan fingerprint density at radius 3 is 2.40 bits per heavy atom. The first-order chi connectivity index (χ1) is 6.99. The van der Waals surface area contributed by atoms with Gasteiger partial charge in [0.05, 0.1) is 13.0 Å². The molecule has 0 saturated heterocycles. The number of ether oxygens (including phenoxy) is 1. The molecule has 1 atom stereocenters. The summed E-state index contributed by atoms with van der Waals surface area (Å²) in [7, 11) is 1.89. The SMILES string of the molecule is CCC(CCCOCCC(F)(F)F)NC. The molecule has 0 amide bonds. The molecule has 1 unspecified atom stereocenters. The van der Waals surface area contributed by atoms with E-state index >= 15 is 0 Å². The third-order valence-electron chi connectivity index (χ3n) is 2.27. The third-order valence-corrected chi connectivity index (χ3v) is 2.27. The number of hydrogen-bond donors (Lipinski definition) is 1. The maximum absolute atomic E-state index is 11.7. The Hall–Kier alpha value is -0.290. The van der Waals surface area contributed by atoms with E-state index in [2.05, 4.69) is 12.2 Å². The number of nitrogens with one attached hydrogen (secondary N) is 1. The Kier molecular flexibility index (Phi) is 7.78. The average molecular weight is 227 g/mol. The van der Waals surface area contributed by atoms with Crippen molar-refractivity contribution in [1.82, 2.24) is 5.32 Å². The highest BCUT2D eigenvalue weighted by molar-refractivity contribution is 4.61. The van der Waals surface area contributed by atoms with Gasteiger partial charge in [-0.2, -0.15) is 13.2 Å². The highest BCUT2D eigenvalue weighted by atomic mass is 19.4. The Labute approximate surface area is 89.2 Å². The lowest BCUT2D eigenvalue weighted by Crippen LogP contribution is -2.24. The first-order valence-electron chi connectivity index (χ1n) is 5.31. The molecule has 0 rings (SSSR count). The molecule has 0 heterocycles. The summed E-state index contributed by atoms with van der Waals surface area (Å²) in [6.07, 6.45) is -2.18. The van der Waals surface area contributed by atoms with Crippen molar-refractivity contribution in [3.05, 3.63) is 0 Å². The smallest absolute Gasteiger partial charge is 0.381 e. The molecule has 92 valence electrons. The molecular weight excluding hydrogens is 207 g/mol. The molecule has 0 aliphatic carbocycles. The van der Waals surface area contributed by atoms with Crippen LogP contribution < -0.4 is 5.32 Å². The lowest BCUT2D eigenvalue weighted by molar-refractivity contribution is -0.145. The van der Waals surface area contributed by atoms with Crippen LogP contribution in [0.2, 0.25) is 0 Å². The average Bonchev–Trinajstić information content (AvgIpc) is 2.15. The van der Waals surface area contributed by atoms with Crippen LogP contribution in [0.15, 0.2) is 0 Å². The van der Waals surface area contributed by atoms with Gasteiger partial charge in [-0.3, -0.25) is 0 Å². The zero-order valence-electron chi connectivity index (χ0n) is 9.36. The number of alkyl halides is 3. The summed E-state index contributed by atoms with van der Waals surface area (Å²) in [4.78, 5) is 0. The molecule has 5 heteroatoms. The number of rotatable bonds is 8. The monoisotopic (exact) mass is 227 g/mol. The Balaban J connectivity index is 3.25. The van der Waals surface area contributed by atoms with Gasteiger partial charge in [0, 0.05) is 12.6 Å². The van der Waals surface area contributed by atoms with Crippen molar-refractivity contribution in [3.8, 4) is 0 Å². The number of hydrogen-bond acceptors (Lipinski definition) is 2. The molecule has 2 nitrogen and oxygen atoms in total. The molecule has 0 spiro atoms. The van der Waals surface area contributed by atoms with E-state index in [1.54, 1.807) is 0 Å². The minimum Gasteiger partial charge on any atom is -0.381 e. The van der Waals surface area contributed by atoms with Crippen LogP contribution in [0.25, 0.3) is 0 Å². The van der Waals surface area contributed by atoms with Gasteiger partial charge in [0.15, 0.2) is 0 Å². The fourth-order valence-corrected chi connectivity index (χ4v) is 1.27. The van der Waals surface area contributed by atoms with Crippen molar-refractivity contribution in [3.63, 3.8) is 0 Å². The van der Waals surface area contributed by atoms with Gasteiger partial charge in [-0.15, -0.1) is 0 Å². The molecule has 15 heavy (non-hydrogen) atoms. The van der Waals surface area contributed by atoms with Crippen molar-refractivity contribution in [2.24, 2.45) is 0 Å². The van der Waals surface area contributed by atoms with Crippen LogP contribution in [0, 0.1) is 0 Å². The summed E-state index contributed by atoms with van der Waals surface area (Å²) in [6.45, 7) is 2.26. The normalized spacial score (nSPS) is 14.2. The predicted octanol–water partition coefficient (Wildman–Crippen LogP) is 2.73. The van der Waals surface area contributed by atoms with Crippen LogP contribution in [-0.2, 0) is 4.74 Å². The molecule has 0 aliphatic heterocycles. The molecule has 0 bridgehead atoms. The van der Waals surface area contributed by atoms with E-state index in [0.717, 1.165) is 19.3 Å². The maximum atomic E-state index is 11.7. The minimum atomic E-state index is -4.10. The zero-order chi connectivity index (χ0) is 11.7. The second-order valence-electron chi connectivity index (χ2n) is 3.51. The van der Waals surface area contributed by atoms with Crippen molar-refractivity contribution < 1.29 is 17.9 Å². The fourth-order valence-electron chi connectivity index (χ4n) is 1.27. The van der Waals surface area contributed by atoms with E-state index in [4.69, 9.17) is 4.74 Å². The van der Waals surface area contributed by atoms with E-state index in [0.29, 0.717) is 12.6 Å². The van der Waals surface area contributed by atoms with E-state index in [1.165, 1.54) is 0 Å². The predicted molar refractivity (Wildman–Crippen MR) is 53.9 cm³/mol. The fraction of sp³-hybridized carbons (Fsp3) is 1.00. The first-order valence-corrected chi connectivity index (χ1v) is 5.31. The second kappa shape index (κ2) is 7.93. The van der Waals surface area contributed by atoms with E-state index in [1.807, 2.05) is 7.05 Å². The van der Waals surface area contributed by atoms with E-state index in [9.17, 15) is 13.2 Å². The molecule has 0 fully saturated rings. The van der Waals surface area contributed by atoms with Crippen molar-refractivity contribution in [2.75, 3.05) is 20.3 Å². The summed E-state index contributed by atoms with van der Waals surface area (Å²) in [5.74, 6) is 0. The van der Waals surface area contributed by atoms with Gasteiger partial charge in [0.1, 0.15) is 0 Å². The summed E-state index contributed by atoms with van der Waals surface area (Å²) in [5.41, 5.74) is 0. The summed E-state index contributed by atoms with van der Waals surface area (Å²) < 4.78 is 40.0. The van der Waals surface area contributed by atoms with Crippen molar-refractivity contribution in [2.45, 2.75) is 44.8 Å². The zero-order valence-corrected chi connectivity index (χ0v) is 9.36. The van der Waals surface area contributed by atoms with Gasteiger partial charge in [-0.05, 0) is 26.3 Å². The van der Waals surface area contributed by atoms with Gasteiger partial charge in [-0.1, -0.05) is 6.92 Å². The Morgan fingerprint density at radius 1 is 1.27 bits per heavy atom. The molecule has 0 radical (unpaired) electrons. The van der Waals surface area contributed by atoms with Gasteiger partial charge in [0.2, 0.25) is 0 Å². The summed E-state index contributed by atoms with van der Waals surface area (Å²) in [5, 5.41) is 3.13. The third kappa shape index (κ3) is 10.0. The first kappa shape index (κ1) is 14.7. The van der Waals surface area contributed by atoms with Crippen LogP contribution in [-0.4, -0.2) is 32.5 Å². The topological polar surface area (TPSA) is 21.3 Å². The molecule has 1 N–H and O–H groups in total. The molecule has 0 aromatic heterocycles. The van der Waals surface area contributed by atoms with Crippen molar-refractivity contribution >= 4 is 0 Å². The molecule has 0 aromatic rings.